The summed E-state index contributed by atoms with van der Waals surface area (Å²) >= 11 is 0. The highest BCUT2D eigenvalue weighted by Gasteiger charge is 2.53. The van der Waals surface area contributed by atoms with Crippen molar-refractivity contribution in [1.82, 2.24) is 0 Å². The van der Waals surface area contributed by atoms with Gasteiger partial charge in [0.05, 0.1) is 12.2 Å². The van der Waals surface area contributed by atoms with Gasteiger partial charge in [-0.15, -0.1) is 0 Å². The molecule has 0 N–H and O–H groups in total. The summed E-state index contributed by atoms with van der Waals surface area (Å²) in [6, 6.07) is 0. The number of hydrogen-bond donors (Lipinski definition) is 0. The molecule has 14 heavy (non-hydrogen) atoms. The zero-order valence-corrected chi connectivity index (χ0v) is 8.32. The highest BCUT2D eigenvalue weighted by atomic mass is 16.5. The van der Waals surface area contributed by atoms with Crippen LogP contribution in [-0.2, 0) is 9.53 Å². The molecular weight excluding hydrogens is 176 g/mol. The molecule has 0 aliphatic heterocycles. The van der Waals surface area contributed by atoms with Crippen molar-refractivity contribution < 1.29 is 9.53 Å². The summed E-state index contributed by atoms with van der Waals surface area (Å²) in [5.74, 6) is 2.50. The minimum Gasteiger partial charge on any atom is -0.498 e. The molecule has 4 aliphatic rings. The van der Waals surface area contributed by atoms with E-state index in [2.05, 4.69) is 6.58 Å². The van der Waals surface area contributed by atoms with Gasteiger partial charge >= 0.3 is 0 Å². The summed E-state index contributed by atoms with van der Waals surface area (Å²) in [6.07, 6.45) is 6.26. The second kappa shape index (κ2) is 2.85. The number of rotatable bonds is 2. The van der Waals surface area contributed by atoms with Crippen LogP contribution in [0.2, 0.25) is 0 Å². The van der Waals surface area contributed by atoms with E-state index in [0.29, 0.717) is 17.6 Å². The lowest BCUT2D eigenvalue weighted by Gasteiger charge is -2.52. The van der Waals surface area contributed by atoms with Crippen molar-refractivity contribution in [2.45, 2.75) is 31.8 Å². The van der Waals surface area contributed by atoms with Crippen LogP contribution < -0.4 is 0 Å². The molecule has 4 fully saturated rings. The molecule has 0 heterocycles. The number of ether oxygens (including phenoxy) is 1. The quantitative estimate of drug-likeness (QED) is 0.627. The number of carbonyl (C=O) groups excluding carboxylic acids is 1. The monoisotopic (exact) mass is 192 g/mol. The molecule has 4 bridgehead atoms. The van der Waals surface area contributed by atoms with Crippen LogP contribution >= 0.6 is 0 Å². The van der Waals surface area contributed by atoms with Gasteiger partial charge in [0, 0.05) is 5.92 Å². The van der Waals surface area contributed by atoms with Crippen molar-refractivity contribution >= 4 is 5.78 Å². The first-order valence-electron chi connectivity index (χ1n) is 5.59. The Bertz CT molecular complexity index is 284. The van der Waals surface area contributed by atoms with Gasteiger partial charge in [0.2, 0.25) is 0 Å². The van der Waals surface area contributed by atoms with Gasteiger partial charge in [-0.25, -0.2) is 0 Å². The fourth-order valence-electron chi connectivity index (χ4n) is 3.90. The Hall–Kier alpha value is -0.790. The molecule has 0 aromatic carbocycles. The first-order chi connectivity index (χ1) is 6.79. The average molecular weight is 192 g/mol. The largest absolute Gasteiger partial charge is 0.498 e. The van der Waals surface area contributed by atoms with Crippen LogP contribution in [0.5, 0.6) is 0 Å². The van der Waals surface area contributed by atoms with Crippen LogP contribution in [-0.4, -0.2) is 11.9 Å². The van der Waals surface area contributed by atoms with Crippen LogP contribution in [0.15, 0.2) is 12.8 Å². The van der Waals surface area contributed by atoms with Crippen LogP contribution in [0, 0.1) is 23.7 Å². The lowest BCUT2D eigenvalue weighted by atomic mass is 9.54. The molecule has 5 atom stereocenters. The third-order valence-electron chi connectivity index (χ3n) is 4.31. The van der Waals surface area contributed by atoms with Gasteiger partial charge in [-0.3, -0.25) is 4.79 Å². The summed E-state index contributed by atoms with van der Waals surface area (Å²) in [5, 5.41) is 0. The maximum Gasteiger partial charge on any atom is 0.142 e. The number of Topliss-reactive ketones (excluding diaryl/α,β-unsaturated/α-hetero) is 1. The van der Waals surface area contributed by atoms with E-state index >= 15 is 0 Å². The summed E-state index contributed by atoms with van der Waals surface area (Å²) in [4.78, 5) is 11.9. The van der Waals surface area contributed by atoms with Gasteiger partial charge in [-0.05, 0) is 37.5 Å². The van der Waals surface area contributed by atoms with Crippen LogP contribution in [0.3, 0.4) is 0 Å². The van der Waals surface area contributed by atoms with E-state index in [1.165, 1.54) is 12.7 Å². The summed E-state index contributed by atoms with van der Waals surface area (Å²) in [6.45, 7) is 3.60. The first-order valence-corrected chi connectivity index (χ1v) is 5.59. The zero-order chi connectivity index (χ0) is 9.71. The Labute approximate surface area is 84.3 Å². The SMILES string of the molecule is C=COC1C2CC3CC(C2)C(=O)C1C3. The van der Waals surface area contributed by atoms with E-state index < -0.39 is 0 Å². The molecule has 0 saturated heterocycles. The zero-order valence-electron chi connectivity index (χ0n) is 8.32. The first kappa shape index (κ1) is 8.51. The molecule has 0 radical (unpaired) electrons. The Morgan fingerprint density at radius 1 is 1.29 bits per heavy atom. The molecule has 0 aromatic rings. The smallest absolute Gasteiger partial charge is 0.142 e. The summed E-state index contributed by atoms with van der Waals surface area (Å²) < 4.78 is 5.53. The van der Waals surface area contributed by atoms with Crippen molar-refractivity contribution in [1.29, 1.82) is 0 Å². The molecular formula is C12H16O2. The second-order valence-corrected chi connectivity index (χ2v) is 5.04. The average Bonchev–Trinajstić information content (AvgIpc) is 2.18. The highest BCUT2D eigenvalue weighted by Crippen LogP contribution is 2.52. The molecule has 0 amide bonds. The molecule has 2 heteroatoms. The van der Waals surface area contributed by atoms with Crippen molar-refractivity contribution in [3.63, 3.8) is 0 Å². The van der Waals surface area contributed by atoms with Crippen molar-refractivity contribution in [3.8, 4) is 0 Å². The third-order valence-corrected chi connectivity index (χ3v) is 4.31. The van der Waals surface area contributed by atoms with Crippen molar-refractivity contribution in [2.75, 3.05) is 0 Å². The third kappa shape index (κ3) is 0.999. The summed E-state index contributed by atoms with van der Waals surface area (Å²) in [5.41, 5.74) is 0. The molecule has 4 aliphatic carbocycles. The van der Waals surface area contributed by atoms with E-state index in [1.54, 1.807) is 0 Å². The van der Waals surface area contributed by atoms with Crippen molar-refractivity contribution in [3.05, 3.63) is 12.8 Å². The van der Waals surface area contributed by atoms with Gasteiger partial charge in [0.15, 0.2) is 0 Å². The van der Waals surface area contributed by atoms with Gasteiger partial charge in [0.1, 0.15) is 11.9 Å². The van der Waals surface area contributed by atoms with E-state index in [0.717, 1.165) is 25.2 Å². The molecule has 0 aromatic heterocycles. The minimum atomic E-state index is 0.160. The van der Waals surface area contributed by atoms with E-state index in [-0.39, 0.29) is 12.0 Å². The molecule has 2 nitrogen and oxygen atoms in total. The predicted octanol–water partition coefficient (Wildman–Crippen LogP) is 2.15. The standard InChI is InChI=1S/C12H16O2/c1-2-14-12-9-4-7-3-8(6-9)11(13)10(12)5-7/h2,7-10,12H,1,3-6H2. The Morgan fingerprint density at radius 2 is 2.14 bits per heavy atom. The van der Waals surface area contributed by atoms with E-state index in [1.807, 2.05) is 0 Å². The normalized spacial score (nSPS) is 49.4. The Morgan fingerprint density at radius 3 is 2.93 bits per heavy atom. The molecule has 4 saturated carbocycles. The maximum absolute atomic E-state index is 11.9. The minimum absolute atomic E-state index is 0.160. The fourth-order valence-corrected chi connectivity index (χ4v) is 3.90. The maximum atomic E-state index is 11.9. The predicted molar refractivity (Wildman–Crippen MR) is 52.5 cm³/mol. The molecule has 76 valence electrons. The van der Waals surface area contributed by atoms with Gasteiger partial charge in [-0.2, -0.15) is 0 Å². The van der Waals surface area contributed by atoms with Gasteiger partial charge in [-0.1, -0.05) is 6.58 Å². The van der Waals surface area contributed by atoms with E-state index in [9.17, 15) is 4.79 Å². The molecule has 5 unspecified atom stereocenters. The highest BCUT2D eigenvalue weighted by molar-refractivity contribution is 5.86. The van der Waals surface area contributed by atoms with E-state index in [4.69, 9.17) is 4.74 Å². The molecule has 4 rings (SSSR count). The van der Waals surface area contributed by atoms with Crippen molar-refractivity contribution in [2.24, 2.45) is 23.7 Å². The topological polar surface area (TPSA) is 26.3 Å². The lowest BCUT2D eigenvalue weighted by Crippen LogP contribution is -2.54. The van der Waals surface area contributed by atoms with Gasteiger partial charge < -0.3 is 4.74 Å². The van der Waals surface area contributed by atoms with Crippen LogP contribution in [0.4, 0.5) is 0 Å². The molecule has 0 spiro atoms. The van der Waals surface area contributed by atoms with Crippen LogP contribution in [0.25, 0.3) is 0 Å². The lowest BCUT2D eigenvalue weighted by molar-refractivity contribution is -0.155. The number of ketones is 1. The number of carbonyl (C=O) groups is 1. The second-order valence-electron chi connectivity index (χ2n) is 5.04. The van der Waals surface area contributed by atoms with Crippen LogP contribution in [0.1, 0.15) is 25.7 Å². The Balaban J connectivity index is 1.89. The van der Waals surface area contributed by atoms with Gasteiger partial charge in [0.25, 0.3) is 0 Å². The fraction of sp³-hybridized carbons (Fsp3) is 0.750. The summed E-state index contributed by atoms with van der Waals surface area (Å²) in [7, 11) is 0. The number of hydrogen-bond acceptors (Lipinski definition) is 2. The Kier molecular flexibility index (Phi) is 1.73.